The van der Waals surface area contributed by atoms with E-state index < -0.39 is 0 Å². The minimum absolute atomic E-state index is 1.07. The smallest absolute Gasteiger partial charge is 0.0462 e. The van der Waals surface area contributed by atoms with Crippen molar-refractivity contribution in [3.8, 4) is 100 Å². The molecule has 0 N–H and O–H groups in total. The van der Waals surface area contributed by atoms with Gasteiger partial charge in [0.15, 0.2) is 0 Å². The fourth-order valence-electron chi connectivity index (χ4n) is 11.5. The molecule has 0 radical (unpaired) electrons. The third kappa shape index (κ3) is 7.99. The van der Waals surface area contributed by atoms with Gasteiger partial charge in [-0.05, 0) is 182 Å². The Kier molecular flexibility index (Phi) is 10.9. The van der Waals surface area contributed by atoms with Crippen molar-refractivity contribution in [2.45, 2.75) is 0 Å². The average Bonchev–Trinajstić information content (AvgIpc) is 3.62. The third-order valence-corrected chi connectivity index (χ3v) is 15.2. The van der Waals surface area contributed by atoms with E-state index in [4.69, 9.17) is 0 Å². The minimum atomic E-state index is 1.07. The molecule has 1 aliphatic rings. The van der Waals surface area contributed by atoms with Crippen LogP contribution in [-0.4, -0.2) is 0 Å². The summed E-state index contributed by atoms with van der Waals surface area (Å²) in [5, 5.41) is 5.19. The second-order valence-electron chi connectivity index (χ2n) is 19.6. The Labute approximate surface area is 438 Å². The summed E-state index contributed by atoms with van der Waals surface area (Å²) in [6, 6.07) is 109. The van der Waals surface area contributed by atoms with Crippen LogP contribution in [0.3, 0.4) is 0 Å². The van der Waals surface area contributed by atoms with E-state index in [9.17, 15) is 0 Å². The summed E-state index contributed by atoms with van der Waals surface area (Å²) in [6.07, 6.45) is 0. The lowest BCUT2D eigenvalue weighted by Crippen LogP contribution is -2.10. The summed E-state index contributed by atoms with van der Waals surface area (Å²) < 4.78 is 0. The second-order valence-corrected chi connectivity index (χ2v) is 19.6. The highest BCUT2D eigenvalue weighted by molar-refractivity contribution is 6.19. The molecule has 0 fully saturated rings. The molecule has 0 saturated heterocycles. The first-order valence-electron chi connectivity index (χ1n) is 25.9. The van der Waals surface area contributed by atoms with Crippen molar-refractivity contribution >= 4 is 38.6 Å². The van der Waals surface area contributed by atoms with Crippen LogP contribution in [0.25, 0.3) is 122 Å². The maximum Gasteiger partial charge on any atom is 0.0462 e. The van der Waals surface area contributed by atoms with E-state index in [1.54, 1.807) is 0 Å². The van der Waals surface area contributed by atoms with Gasteiger partial charge >= 0.3 is 0 Å². The molecular weight excluding hydrogens is 903 g/mol. The predicted molar refractivity (Wildman–Crippen MR) is 319 cm³/mol. The molecule has 0 unspecified atom stereocenters. The first-order valence-corrected chi connectivity index (χ1v) is 25.9. The molecule has 350 valence electrons. The highest BCUT2D eigenvalue weighted by Gasteiger charge is 2.22. The van der Waals surface area contributed by atoms with Gasteiger partial charge in [0.2, 0.25) is 0 Å². The van der Waals surface area contributed by atoms with Gasteiger partial charge in [0, 0.05) is 17.1 Å². The van der Waals surface area contributed by atoms with Crippen LogP contribution in [0.2, 0.25) is 0 Å². The average molecular weight is 952 g/mol. The van der Waals surface area contributed by atoms with Crippen molar-refractivity contribution in [2.24, 2.45) is 0 Å². The number of benzene rings is 13. The molecule has 0 aliphatic heterocycles. The van der Waals surface area contributed by atoms with E-state index in [-0.39, 0.29) is 0 Å². The monoisotopic (exact) mass is 951 g/mol. The van der Waals surface area contributed by atoms with Gasteiger partial charge in [-0.3, -0.25) is 0 Å². The SMILES string of the molecule is c1ccc(-c2ccc(-c3ccc(N(c4ccc(-c5ccc6cc5-c5cc7c-6cccc7c6ccccc56)cc4)c4ccc(-c5c(-c6ccccc6)cc(-c6ccccc6)cc5-c5ccccc5)cc4)cc3)cc2)cc1. The van der Waals surface area contributed by atoms with E-state index in [2.05, 4.69) is 302 Å². The van der Waals surface area contributed by atoms with Crippen molar-refractivity contribution < 1.29 is 0 Å². The Hall–Kier alpha value is -9.82. The molecule has 75 heavy (non-hydrogen) atoms. The molecule has 4 bridgehead atoms. The molecular formula is C74H49N. The van der Waals surface area contributed by atoms with Gasteiger partial charge in [-0.15, -0.1) is 0 Å². The van der Waals surface area contributed by atoms with Crippen LogP contribution in [0, 0.1) is 0 Å². The Balaban J connectivity index is 0.884. The standard InChI is InChI=1S/C74H49N/c1-5-16-50(17-6-1)52-28-30-53(31-29-52)54-32-39-61(40-33-54)75(62-41-34-57(35-42-62)65-45-38-59-46-71(65)73-49-72-64(59)26-15-27-68(72)66-24-13-14-25-67(66)73)63-43-36-58(37-44-63)74-69(55-20-9-3-10-21-55)47-60(51-18-7-2-8-19-51)48-70(74)56-22-11-4-12-23-56/h1-49H. The van der Waals surface area contributed by atoms with Crippen LogP contribution in [-0.2, 0) is 0 Å². The van der Waals surface area contributed by atoms with Crippen molar-refractivity contribution in [3.05, 3.63) is 297 Å². The topological polar surface area (TPSA) is 3.24 Å². The maximum atomic E-state index is 2.42. The molecule has 0 aromatic heterocycles. The largest absolute Gasteiger partial charge is 0.311 e. The first kappa shape index (κ1) is 43.9. The summed E-state index contributed by atoms with van der Waals surface area (Å²) in [6.45, 7) is 0. The molecule has 0 saturated carbocycles. The maximum absolute atomic E-state index is 2.42. The minimum Gasteiger partial charge on any atom is -0.311 e. The van der Waals surface area contributed by atoms with E-state index in [0.717, 1.165) is 22.6 Å². The fourth-order valence-corrected chi connectivity index (χ4v) is 11.5. The van der Waals surface area contributed by atoms with E-state index in [1.165, 1.54) is 116 Å². The zero-order valence-electron chi connectivity index (χ0n) is 41.2. The molecule has 13 aromatic rings. The molecule has 0 spiro atoms. The normalized spacial score (nSPS) is 11.5. The lowest BCUT2D eigenvalue weighted by Gasteiger charge is -2.27. The van der Waals surface area contributed by atoms with Crippen molar-refractivity contribution in [1.82, 2.24) is 0 Å². The van der Waals surface area contributed by atoms with Crippen LogP contribution in [0.15, 0.2) is 297 Å². The Morgan fingerprint density at radius 2 is 0.520 bits per heavy atom. The third-order valence-electron chi connectivity index (χ3n) is 15.2. The van der Waals surface area contributed by atoms with Gasteiger partial charge in [-0.25, -0.2) is 0 Å². The van der Waals surface area contributed by atoms with Crippen LogP contribution in [0.5, 0.6) is 0 Å². The summed E-state index contributed by atoms with van der Waals surface area (Å²) in [5.41, 5.74) is 25.0. The fraction of sp³-hybridized carbons (Fsp3) is 0. The highest BCUT2D eigenvalue weighted by Crippen LogP contribution is 2.48. The molecule has 1 nitrogen and oxygen atoms in total. The Bertz CT molecular complexity index is 4140. The molecule has 1 heteroatoms. The van der Waals surface area contributed by atoms with Crippen LogP contribution >= 0.6 is 0 Å². The van der Waals surface area contributed by atoms with Crippen molar-refractivity contribution in [3.63, 3.8) is 0 Å². The number of fused-ring (bicyclic) bond motifs is 8. The number of hydrogen-bond donors (Lipinski definition) is 0. The number of hydrogen-bond acceptors (Lipinski definition) is 1. The molecule has 0 amide bonds. The zero-order valence-corrected chi connectivity index (χ0v) is 41.2. The zero-order chi connectivity index (χ0) is 49.7. The van der Waals surface area contributed by atoms with Gasteiger partial charge in [-0.1, -0.05) is 237 Å². The van der Waals surface area contributed by atoms with Gasteiger partial charge in [0.05, 0.1) is 0 Å². The van der Waals surface area contributed by atoms with E-state index in [0.29, 0.717) is 0 Å². The van der Waals surface area contributed by atoms with Crippen LogP contribution in [0.4, 0.5) is 17.1 Å². The van der Waals surface area contributed by atoms with Gasteiger partial charge in [-0.2, -0.15) is 0 Å². The number of rotatable bonds is 10. The van der Waals surface area contributed by atoms with E-state index >= 15 is 0 Å². The lowest BCUT2D eigenvalue weighted by molar-refractivity contribution is 1.28. The van der Waals surface area contributed by atoms with Crippen LogP contribution in [0.1, 0.15) is 0 Å². The molecule has 0 atom stereocenters. The predicted octanol–water partition coefficient (Wildman–Crippen LogP) is 20.8. The number of nitrogens with zero attached hydrogens (tertiary/aromatic N) is 1. The number of anilines is 3. The quantitative estimate of drug-likeness (QED) is 0.124. The molecule has 1 aliphatic carbocycles. The molecule has 14 rings (SSSR count). The van der Waals surface area contributed by atoms with Gasteiger partial charge in [0.1, 0.15) is 0 Å². The first-order chi connectivity index (χ1) is 37.2. The summed E-state index contributed by atoms with van der Waals surface area (Å²) >= 11 is 0. The summed E-state index contributed by atoms with van der Waals surface area (Å²) in [7, 11) is 0. The second kappa shape index (κ2) is 18.7. The van der Waals surface area contributed by atoms with Gasteiger partial charge in [0.25, 0.3) is 0 Å². The van der Waals surface area contributed by atoms with E-state index in [1.807, 2.05) is 0 Å². The lowest BCUT2D eigenvalue weighted by atomic mass is 9.84. The summed E-state index contributed by atoms with van der Waals surface area (Å²) in [4.78, 5) is 2.39. The molecule has 0 heterocycles. The Morgan fingerprint density at radius 3 is 1.05 bits per heavy atom. The van der Waals surface area contributed by atoms with Crippen LogP contribution < -0.4 is 4.90 Å². The Morgan fingerprint density at radius 1 is 0.160 bits per heavy atom. The molecule has 13 aromatic carbocycles. The van der Waals surface area contributed by atoms with Gasteiger partial charge < -0.3 is 4.90 Å². The highest BCUT2D eigenvalue weighted by atomic mass is 15.1. The van der Waals surface area contributed by atoms with Crippen molar-refractivity contribution in [2.75, 3.05) is 4.90 Å². The van der Waals surface area contributed by atoms with Crippen molar-refractivity contribution in [1.29, 1.82) is 0 Å². The summed E-state index contributed by atoms with van der Waals surface area (Å²) in [5.74, 6) is 0.